The number of nitrogens with zero attached hydrogens (tertiary/aromatic N) is 1. The zero-order valence-electron chi connectivity index (χ0n) is 8.74. The van der Waals surface area contributed by atoms with E-state index in [1.165, 1.54) is 11.3 Å². The normalized spacial score (nSPS) is 10.4. The maximum absolute atomic E-state index is 11.1. The van der Waals surface area contributed by atoms with Gasteiger partial charge in [-0.1, -0.05) is 23.7 Å². The molecule has 0 amide bonds. The molecule has 0 N–H and O–H groups in total. The number of thiazole rings is 1. The summed E-state index contributed by atoms with van der Waals surface area (Å²) in [6, 6.07) is 7.65. The van der Waals surface area contributed by atoms with Crippen LogP contribution in [0.2, 0.25) is 5.02 Å². The van der Waals surface area contributed by atoms with Gasteiger partial charge in [0.2, 0.25) is 0 Å². The van der Waals surface area contributed by atoms with Crippen molar-refractivity contribution in [2.45, 2.75) is 13.3 Å². The van der Waals surface area contributed by atoms with E-state index >= 15 is 0 Å². The van der Waals surface area contributed by atoms with Crippen LogP contribution in [-0.4, -0.2) is 10.8 Å². The minimum atomic E-state index is 0.0693. The molecular formula is C12H10ClNOS. The van der Waals surface area contributed by atoms with Crippen LogP contribution in [-0.2, 0) is 6.42 Å². The molecule has 1 aromatic heterocycles. The Morgan fingerprint density at radius 1 is 1.38 bits per heavy atom. The van der Waals surface area contributed by atoms with Crippen LogP contribution in [0.25, 0.3) is 0 Å². The molecule has 0 aliphatic rings. The number of Topliss-reactive ketones (excluding diaryl/α,β-unsaturated/α-hetero) is 1. The highest BCUT2D eigenvalue weighted by atomic mass is 35.5. The van der Waals surface area contributed by atoms with Gasteiger partial charge < -0.3 is 0 Å². The summed E-state index contributed by atoms with van der Waals surface area (Å²) < 4.78 is 0. The van der Waals surface area contributed by atoms with Crippen molar-refractivity contribution < 1.29 is 4.79 Å². The lowest BCUT2D eigenvalue weighted by Gasteiger charge is -1.97. The molecule has 0 unspecified atom stereocenters. The molecule has 2 rings (SSSR count). The van der Waals surface area contributed by atoms with Crippen LogP contribution in [0.4, 0.5) is 0 Å². The highest BCUT2D eigenvalue weighted by molar-refractivity contribution is 7.13. The molecule has 0 bridgehead atoms. The lowest BCUT2D eigenvalue weighted by molar-refractivity contribution is 0.102. The first kappa shape index (κ1) is 11.3. The number of hydrogen-bond acceptors (Lipinski definition) is 3. The highest BCUT2D eigenvalue weighted by Gasteiger charge is 2.06. The van der Waals surface area contributed by atoms with E-state index in [0.29, 0.717) is 4.88 Å². The summed E-state index contributed by atoms with van der Waals surface area (Å²) in [7, 11) is 0. The number of rotatable bonds is 3. The summed E-state index contributed by atoms with van der Waals surface area (Å²) in [5, 5.41) is 1.68. The second-order valence-corrected chi connectivity index (χ2v) is 5.03. The smallest absolute Gasteiger partial charge is 0.171 e. The fourth-order valence-electron chi connectivity index (χ4n) is 1.33. The first-order chi connectivity index (χ1) is 7.65. The Balaban J connectivity index is 2.14. The number of ketones is 1. The van der Waals surface area contributed by atoms with Crippen molar-refractivity contribution in [3.63, 3.8) is 0 Å². The van der Waals surface area contributed by atoms with Gasteiger partial charge in [0.15, 0.2) is 5.78 Å². The summed E-state index contributed by atoms with van der Waals surface area (Å²) in [5.74, 6) is 0.0693. The third-order valence-corrected chi connectivity index (χ3v) is 3.52. The largest absolute Gasteiger partial charge is 0.294 e. The van der Waals surface area contributed by atoms with E-state index in [1.807, 2.05) is 24.3 Å². The fourth-order valence-corrected chi connectivity index (χ4v) is 2.30. The van der Waals surface area contributed by atoms with Gasteiger partial charge in [0, 0.05) is 24.6 Å². The molecule has 1 heterocycles. The Kier molecular flexibility index (Phi) is 3.36. The van der Waals surface area contributed by atoms with Crippen LogP contribution < -0.4 is 0 Å². The van der Waals surface area contributed by atoms with Crippen molar-refractivity contribution in [2.75, 3.05) is 0 Å². The number of aromatic nitrogens is 1. The molecule has 2 nitrogen and oxygen atoms in total. The molecule has 0 radical (unpaired) electrons. The van der Waals surface area contributed by atoms with E-state index in [0.717, 1.165) is 22.0 Å². The van der Waals surface area contributed by atoms with Crippen LogP contribution >= 0.6 is 22.9 Å². The molecule has 0 fully saturated rings. The molecular weight excluding hydrogens is 242 g/mol. The Hall–Kier alpha value is -1.19. The minimum absolute atomic E-state index is 0.0693. The maximum Gasteiger partial charge on any atom is 0.171 e. The molecule has 2 aromatic rings. The summed E-state index contributed by atoms with van der Waals surface area (Å²) in [6.45, 7) is 1.56. The fraction of sp³-hybridized carbons (Fsp3) is 0.167. The minimum Gasteiger partial charge on any atom is -0.294 e. The van der Waals surface area contributed by atoms with Crippen LogP contribution in [0.15, 0.2) is 30.5 Å². The van der Waals surface area contributed by atoms with Gasteiger partial charge in [0.05, 0.1) is 9.88 Å². The predicted octanol–water partition coefficient (Wildman–Crippen LogP) is 3.59. The zero-order chi connectivity index (χ0) is 11.5. The molecule has 1 aromatic carbocycles. The van der Waals surface area contributed by atoms with Gasteiger partial charge in [-0.15, -0.1) is 11.3 Å². The molecule has 16 heavy (non-hydrogen) atoms. The van der Waals surface area contributed by atoms with Gasteiger partial charge in [0.25, 0.3) is 0 Å². The number of carbonyl (C=O) groups is 1. The monoisotopic (exact) mass is 251 g/mol. The van der Waals surface area contributed by atoms with E-state index in [4.69, 9.17) is 11.6 Å². The van der Waals surface area contributed by atoms with Crippen molar-refractivity contribution >= 4 is 28.7 Å². The van der Waals surface area contributed by atoms with Crippen LogP contribution in [0.1, 0.15) is 27.2 Å². The predicted molar refractivity (Wildman–Crippen MR) is 66.4 cm³/mol. The molecule has 0 atom stereocenters. The third-order valence-electron chi connectivity index (χ3n) is 2.17. The Morgan fingerprint density at radius 2 is 2.06 bits per heavy atom. The molecule has 0 aliphatic carbocycles. The Morgan fingerprint density at radius 3 is 2.62 bits per heavy atom. The quantitative estimate of drug-likeness (QED) is 0.781. The second-order valence-electron chi connectivity index (χ2n) is 3.48. The maximum atomic E-state index is 11.1. The van der Waals surface area contributed by atoms with Gasteiger partial charge >= 0.3 is 0 Å². The first-order valence-electron chi connectivity index (χ1n) is 4.85. The third kappa shape index (κ3) is 2.68. The summed E-state index contributed by atoms with van der Waals surface area (Å²) in [4.78, 5) is 16.0. The summed E-state index contributed by atoms with van der Waals surface area (Å²) in [5.41, 5.74) is 1.15. The van der Waals surface area contributed by atoms with Gasteiger partial charge in [0.1, 0.15) is 0 Å². The molecule has 0 spiro atoms. The van der Waals surface area contributed by atoms with Crippen molar-refractivity contribution in [1.29, 1.82) is 0 Å². The molecule has 0 saturated carbocycles. The first-order valence-corrected chi connectivity index (χ1v) is 6.04. The van der Waals surface area contributed by atoms with Gasteiger partial charge in [-0.3, -0.25) is 4.79 Å². The van der Waals surface area contributed by atoms with Gasteiger partial charge in [-0.25, -0.2) is 4.98 Å². The van der Waals surface area contributed by atoms with E-state index in [-0.39, 0.29) is 5.78 Å². The number of halogens is 1. The average molecular weight is 252 g/mol. The van der Waals surface area contributed by atoms with Crippen LogP contribution in [0.5, 0.6) is 0 Å². The molecule has 82 valence electrons. The van der Waals surface area contributed by atoms with Crippen LogP contribution in [0.3, 0.4) is 0 Å². The lowest BCUT2D eigenvalue weighted by Crippen LogP contribution is -1.85. The number of benzene rings is 1. The van der Waals surface area contributed by atoms with E-state index in [9.17, 15) is 4.79 Å². The molecule has 4 heteroatoms. The number of carbonyl (C=O) groups excluding carboxylic acids is 1. The summed E-state index contributed by atoms with van der Waals surface area (Å²) in [6.07, 6.45) is 2.38. The Bertz CT molecular complexity index is 504. The van der Waals surface area contributed by atoms with Crippen molar-refractivity contribution in [3.05, 3.63) is 50.9 Å². The van der Waals surface area contributed by atoms with Gasteiger partial charge in [-0.05, 0) is 17.7 Å². The van der Waals surface area contributed by atoms with Crippen molar-refractivity contribution in [1.82, 2.24) is 4.98 Å². The Labute approximate surface area is 103 Å². The highest BCUT2D eigenvalue weighted by Crippen LogP contribution is 2.18. The van der Waals surface area contributed by atoms with E-state index in [2.05, 4.69) is 4.98 Å². The lowest BCUT2D eigenvalue weighted by atomic mass is 10.2. The average Bonchev–Trinajstić information content (AvgIpc) is 2.70. The van der Waals surface area contributed by atoms with Crippen LogP contribution in [0, 0.1) is 0 Å². The van der Waals surface area contributed by atoms with Crippen molar-refractivity contribution in [3.8, 4) is 0 Å². The molecule has 0 aliphatic heterocycles. The number of hydrogen-bond donors (Lipinski definition) is 0. The van der Waals surface area contributed by atoms with E-state index in [1.54, 1.807) is 13.1 Å². The van der Waals surface area contributed by atoms with E-state index < -0.39 is 0 Å². The summed E-state index contributed by atoms with van der Waals surface area (Å²) >= 11 is 7.25. The zero-order valence-corrected chi connectivity index (χ0v) is 10.3. The molecule has 0 saturated heterocycles. The van der Waals surface area contributed by atoms with Crippen molar-refractivity contribution in [2.24, 2.45) is 0 Å². The second kappa shape index (κ2) is 4.76. The van der Waals surface area contributed by atoms with Gasteiger partial charge in [-0.2, -0.15) is 0 Å². The SMILES string of the molecule is CC(=O)c1cnc(Cc2ccc(Cl)cc2)s1. The standard InChI is InChI=1S/C12H10ClNOS/c1-8(15)11-7-14-12(16-11)6-9-2-4-10(13)5-3-9/h2-5,7H,6H2,1H3. The topological polar surface area (TPSA) is 30.0 Å².